The molecule has 18 heavy (non-hydrogen) atoms. The average molecular weight is 250 g/mol. The quantitative estimate of drug-likeness (QED) is 0.840. The van der Waals surface area contributed by atoms with E-state index in [4.69, 9.17) is 0 Å². The molecule has 1 aromatic carbocycles. The van der Waals surface area contributed by atoms with Gasteiger partial charge in [-0.15, -0.1) is 0 Å². The summed E-state index contributed by atoms with van der Waals surface area (Å²) in [6.45, 7) is 3.81. The van der Waals surface area contributed by atoms with Crippen LogP contribution in [-0.4, -0.2) is 18.0 Å². The summed E-state index contributed by atoms with van der Waals surface area (Å²) in [4.78, 5) is 11.8. The molecule has 0 heterocycles. The van der Waals surface area contributed by atoms with Gasteiger partial charge in [0, 0.05) is 12.1 Å². The van der Waals surface area contributed by atoms with Gasteiger partial charge in [-0.2, -0.15) is 0 Å². The van der Waals surface area contributed by atoms with Crippen LogP contribution in [0.15, 0.2) is 24.3 Å². The minimum atomic E-state index is -0.245. The minimum Gasteiger partial charge on any atom is -0.352 e. The van der Waals surface area contributed by atoms with Crippen LogP contribution >= 0.6 is 0 Å². The van der Waals surface area contributed by atoms with E-state index in [1.54, 1.807) is 12.1 Å². The fourth-order valence-corrected chi connectivity index (χ4v) is 1.85. The monoisotopic (exact) mass is 250 g/mol. The number of nitrogens with one attached hydrogen (secondary N) is 2. The Labute approximate surface area is 107 Å². The standard InChI is InChI=1S/C14H19FN2O/c1-9(11-3-5-12(15)6-4-11)16-10(2)14(18)17-13-7-8-13/h3-6,9-10,13,16H,7-8H2,1-2H3,(H,17,18). The normalized spacial score (nSPS) is 18.2. The highest BCUT2D eigenvalue weighted by Gasteiger charge is 2.26. The highest BCUT2D eigenvalue weighted by molar-refractivity contribution is 5.81. The van der Waals surface area contributed by atoms with Gasteiger partial charge < -0.3 is 5.32 Å². The van der Waals surface area contributed by atoms with Crippen molar-refractivity contribution in [2.45, 2.75) is 44.8 Å². The lowest BCUT2D eigenvalue weighted by Crippen LogP contribution is -2.43. The fourth-order valence-electron chi connectivity index (χ4n) is 1.85. The van der Waals surface area contributed by atoms with Crippen LogP contribution in [0.4, 0.5) is 4.39 Å². The Morgan fingerprint density at radius 3 is 2.44 bits per heavy atom. The molecule has 1 amide bonds. The van der Waals surface area contributed by atoms with Crippen LogP contribution in [0, 0.1) is 5.82 Å². The molecule has 1 aromatic rings. The number of hydrogen-bond acceptors (Lipinski definition) is 2. The molecule has 1 aliphatic carbocycles. The Balaban J connectivity index is 1.87. The maximum atomic E-state index is 12.8. The van der Waals surface area contributed by atoms with Crippen molar-refractivity contribution in [1.29, 1.82) is 0 Å². The lowest BCUT2D eigenvalue weighted by atomic mass is 10.1. The van der Waals surface area contributed by atoms with Gasteiger partial charge in [0.1, 0.15) is 5.82 Å². The van der Waals surface area contributed by atoms with Gasteiger partial charge in [0.2, 0.25) is 5.91 Å². The van der Waals surface area contributed by atoms with Crippen LogP contribution < -0.4 is 10.6 Å². The first kappa shape index (κ1) is 13.0. The van der Waals surface area contributed by atoms with Gasteiger partial charge in [-0.3, -0.25) is 10.1 Å². The molecule has 0 bridgehead atoms. The van der Waals surface area contributed by atoms with Crippen molar-refractivity contribution in [3.05, 3.63) is 35.6 Å². The van der Waals surface area contributed by atoms with Crippen LogP contribution in [0.2, 0.25) is 0 Å². The number of benzene rings is 1. The first-order chi connectivity index (χ1) is 8.56. The molecule has 2 rings (SSSR count). The first-order valence-electron chi connectivity index (χ1n) is 6.38. The molecule has 0 radical (unpaired) electrons. The predicted octanol–water partition coefficient (Wildman–Crippen LogP) is 2.14. The summed E-state index contributed by atoms with van der Waals surface area (Å²) in [5.41, 5.74) is 0.975. The molecule has 4 heteroatoms. The molecule has 0 aliphatic heterocycles. The summed E-state index contributed by atoms with van der Waals surface area (Å²) < 4.78 is 12.8. The van der Waals surface area contributed by atoms with Gasteiger partial charge >= 0.3 is 0 Å². The van der Waals surface area contributed by atoms with E-state index in [1.807, 2.05) is 13.8 Å². The maximum Gasteiger partial charge on any atom is 0.237 e. The Bertz CT molecular complexity index is 414. The van der Waals surface area contributed by atoms with Crippen LogP contribution in [0.5, 0.6) is 0 Å². The van der Waals surface area contributed by atoms with Gasteiger partial charge in [0.05, 0.1) is 6.04 Å². The van der Waals surface area contributed by atoms with Crippen molar-refractivity contribution in [3.8, 4) is 0 Å². The molecule has 3 nitrogen and oxygen atoms in total. The van der Waals surface area contributed by atoms with E-state index in [-0.39, 0.29) is 23.8 Å². The molecule has 1 saturated carbocycles. The van der Waals surface area contributed by atoms with Crippen LogP contribution in [-0.2, 0) is 4.79 Å². The Kier molecular flexibility index (Phi) is 3.97. The minimum absolute atomic E-state index is 0.0190. The number of halogens is 1. The molecule has 2 atom stereocenters. The lowest BCUT2D eigenvalue weighted by molar-refractivity contribution is -0.123. The number of carbonyl (C=O) groups excluding carboxylic acids is 1. The summed E-state index contributed by atoms with van der Waals surface area (Å²) in [6, 6.07) is 6.49. The highest BCUT2D eigenvalue weighted by atomic mass is 19.1. The van der Waals surface area contributed by atoms with Crippen molar-refractivity contribution >= 4 is 5.91 Å². The van der Waals surface area contributed by atoms with Gasteiger partial charge in [0.15, 0.2) is 0 Å². The van der Waals surface area contributed by atoms with E-state index in [2.05, 4.69) is 10.6 Å². The van der Waals surface area contributed by atoms with Crippen LogP contribution in [0.3, 0.4) is 0 Å². The third-order valence-corrected chi connectivity index (χ3v) is 3.19. The second kappa shape index (κ2) is 5.48. The van der Waals surface area contributed by atoms with E-state index in [0.29, 0.717) is 6.04 Å². The molecule has 1 fully saturated rings. The molecular formula is C14H19FN2O. The van der Waals surface area contributed by atoms with Crippen molar-refractivity contribution in [2.75, 3.05) is 0 Å². The van der Waals surface area contributed by atoms with Gasteiger partial charge in [-0.25, -0.2) is 4.39 Å². The molecule has 1 aliphatic rings. The number of rotatable bonds is 5. The zero-order valence-corrected chi connectivity index (χ0v) is 10.7. The zero-order chi connectivity index (χ0) is 13.1. The van der Waals surface area contributed by atoms with Crippen LogP contribution in [0.1, 0.15) is 38.3 Å². The second-order valence-corrected chi connectivity index (χ2v) is 4.94. The van der Waals surface area contributed by atoms with E-state index >= 15 is 0 Å². The third-order valence-electron chi connectivity index (χ3n) is 3.19. The molecule has 0 spiro atoms. The topological polar surface area (TPSA) is 41.1 Å². The van der Waals surface area contributed by atoms with E-state index in [9.17, 15) is 9.18 Å². The molecule has 98 valence electrons. The van der Waals surface area contributed by atoms with Crippen molar-refractivity contribution in [1.82, 2.24) is 10.6 Å². The van der Waals surface area contributed by atoms with Gasteiger partial charge in [-0.1, -0.05) is 12.1 Å². The largest absolute Gasteiger partial charge is 0.352 e. The zero-order valence-electron chi connectivity index (χ0n) is 10.7. The summed E-state index contributed by atoms with van der Waals surface area (Å²) in [6.07, 6.45) is 2.18. The number of amides is 1. The Morgan fingerprint density at radius 2 is 1.89 bits per heavy atom. The second-order valence-electron chi connectivity index (χ2n) is 4.94. The van der Waals surface area contributed by atoms with Gasteiger partial charge in [0.25, 0.3) is 0 Å². The van der Waals surface area contributed by atoms with Crippen molar-refractivity contribution in [3.63, 3.8) is 0 Å². The van der Waals surface area contributed by atoms with E-state index < -0.39 is 0 Å². The smallest absolute Gasteiger partial charge is 0.237 e. The fraction of sp³-hybridized carbons (Fsp3) is 0.500. The van der Waals surface area contributed by atoms with Crippen molar-refractivity contribution in [2.24, 2.45) is 0 Å². The van der Waals surface area contributed by atoms with Gasteiger partial charge in [-0.05, 0) is 44.4 Å². The Morgan fingerprint density at radius 1 is 1.28 bits per heavy atom. The molecule has 2 N–H and O–H groups in total. The average Bonchev–Trinajstić information content (AvgIpc) is 3.13. The van der Waals surface area contributed by atoms with Crippen LogP contribution in [0.25, 0.3) is 0 Å². The van der Waals surface area contributed by atoms with Crippen molar-refractivity contribution < 1.29 is 9.18 Å². The Hall–Kier alpha value is -1.42. The van der Waals surface area contributed by atoms with E-state index in [0.717, 1.165) is 18.4 Å². The highest BCUT2D eigenvalue weighted by Crippen LogP contribution is 2.19. The molecular weight excluding hydrogens is 231 g/mol. The SMILES string of the molecule is CC(NC(C)c1ccc(F)cc1)C(=O)NC1CC1. The number of hydrogen-bond donors (Lipinski definition) is 2. The predicted molar refractivity (Wildman–Crippen MR) is 68.6 cm³/mol. The lowest BCUT2D eigenvalue weighted by Gasteiger charge is -2.20. The maximum absolute atomic E-state index is 12.8. The third kappa shape index (κ3) is 3.53. The summed E-state index contributed by atoms with van der Waals surface area (Å²) >= 11 is 0. The molecule has 2 unspecified atom stereocenters. The summed E-state index contributed by atoms with van der Waals surface area (Å²) in [7, 11) is 0. The number of carbonyl (C=O) groups is 1. The molecule has 0 saturated heterocycles. The van der Waals surface area contributed by atoms with E-state index in [1.165, 1.54) is 12.1 Å². The molecule has 0 aromatic heterocycles. The first-order valence-corrected chi connectivity index (χ1v) is 6.38. The summed E-state index contributed by atoms with van der Waals surface area (Å²) in [5.74, 6) is -0.211. The summed E-state index contributed by atoms with van der Waals surface area (Å²) in [5, 5.41) is 6.17.